The Morgan fingerprint density at radius 2 is 0.891 bits per heavy atom. The van der Waals surface area contributed by atoms with Gasteiger partial charge in [0.2, 0.25) is 0 Å². The lowest BCUT2D eigenvalue weighted by molar-refractivity contribution is 0.670. The van der Waals surface area contributed by atoms with E-state index in [2.05, 4.69) is 176 Å². The molecule has 0 aliphatic carbocycles. The highest BCUT2D eigenvalue weighted by Crippen LogP contribution is 2.45. The molecule has 55 heavy (non-hydrogen) atoms. The highest BCUT2D eigenvalue weighted by atomic mass is 16.3. The third-order valence-corrected chi connectivity index (χ3v) is 11.2. The van der Waals surface area contributed by atoms with Crippen LogP contribution >= 0.6 is 0 Å². The van der Waals surface area contributed by atoms with Crippen molar-refractivity contribution in [1.82, 2.24) is 0 Å². The molecule has 0 aliphatic heterocycles. The Morgan fingerprint density at radius 1 is 0.309 bits per heavy atom. The Hall–Kier alpha value is -7.22. The molecular formula is C54H34O. The molecule has 0 spiro atoms. The molecule has 0 saturated carbocycles. The second-order valence-corrected chi connectivity index (χ2v) is 14.4. The third kappa shape index (κ3) is 5.24. The van der Waals surface area contributed by atoms with Crippen molar-refractivity contribution in [1.29, 1.82) is 0 Å². The Bertz CT molecular complexity index is 3240. The first-order valence-electron chi connectivity index (χ1n) is 19.3. The van der Waals surface area contributed by atoms with Crippen LogP contribution in [0.2, 0.25) is 0 Å². The fraction of sp³-hybridized carbons (Fsp3) is 0. The van der Waals surface area contributed by atoms with Crippen LogP contribution in [0.4, 0.5) is 0 Å². The summed E-state index contributed by atoms with van der Waals surface area (Å²) in [6, 6.07) is 72.0. The smallest absolute Gasteiger partial charge is 0.143 e. The van der Waals surface area contributed by atoms with Gasteiger partial charge in [-0.05, 0) is 113 Å². The number of rotatable bonds is 5. The number of furan rings is 1. The van der Waals surface area contributed by atoms with E-state index in [0.29, 0.717) is 6.04 Å². The molecule has 10 aromatic carbocycles. The van der Waals surface area contributed by atoms with Crippen molar-refractivity contribution < 1.29 is 5.79 Å². The average Bonchev–Trinajstić information content (AvgIpc) is 3.64. The highest BCUT2D eigenvalue weighted by Gasteiger charge is 2.19. The van der Waals surface area contributed by atoms with Crippen molar-refractivity contribution in [2.75, 3.05) is 0 Å². The lowest BCUT2D eigenvalue weighted by Gasteiger charge is -2.18. The van der Waals surface area contributed by atoms with Crippen LogP contribution < -0.4 is 0 Å². The molecule has 0 saturated heterocycles. The average molecular weight is 700 g/mol. The molecule has 0 N–H and O–H groups in total. The molecule has 11 aromatic rings. The highest BCUT2D eigenvalue weighted by molar-refractivity contribution is 6.21. The summed E-state index contributed by atoms with van der Waals surface area (Å²) in [6.07, 6.45) is 0. The molecule has 0 radical (unpaired) electrons. The minimum absolute atomic E-state index is 0.534. The number of fused-ring (bicyclic) bond motifs is 6. The van der Waals surface area contributed by atoms with Gasteiger partial charge in [-0.1, -0.05) is 176 Å². The SMILES string of the molecule is [2H]c1ccc2cc(-c3ccc(-c4c5ccccc5c(-c5cccc(-c6cc(-c7ccccc7)c7oc8ccccc8c7c6)c5)c5ccccc45)cc3)ccc2c1. The van der Waals surface area contributed by atoms with Gasteiger partial charge < -0.3 is 4.42 Å². The van der Waals surface area contributed by atoms with Crippen molar-refractivity contribution in [2.24, 2.45) is 0 Å². The summed E-state index contributed by atoms with van der Waals surface area (Å²) in [6.45, 7) is 0. The summed E-state index contributed by atoms with van der Waals surface area (Å²) in [7, 11) is 0. The molecule has 1 aromatic heterocycles. The first kappa shape index (κ1) is 30.3. The van der Waals surface area contributed by atoms with E-state index in [1.807, 2.05) is 24.3 Å². The summed E-state index contributed by atoms with van der Waals surface area (Å²) >= 11 is 0. The lowest BCUT2D eigenvalue weighted by atomic mass is 9.85. The minimum Gasteiger partial charge on any atom is -0.455 e. The van der Waals surface area contributed by atoms with Gasteiger partial charge in [-0.2, -0.15) is 0 Å². The maximum Gasteiger partial charge on any atom is 0.143 e. The molecule has 256 valence electrons. The molecule has 0 fully saturated rings. The summed E-state index contributed by atoms with van der Waals surface area (Å²) in [5, 5.41) is 9.40. The quantitative estimate of drug-likeness (QED) is 0.163. The molecule has 0 amide bonds. The molecule has 0 aliphatic rings. The van der Waals surface area contributed by atoms with E-state index in [9.17, 15) is 0 Å². The zero-order chi connectivity index (χ0) is 37.2. The maximum absolute atomic E-state index is 7.99. The minimum atomic E-state index is 0.534. The van der Waals surface area contributed by atoms with E-state index in [-0.39, 0.29) is 0 Å². The Kier molecular flexibility index (Phi) is 7.00. The van der Waals surface area contributed by atoms with E-state index in [4.69, 9.17) is 5.79 Å². The third-order valence-electron chi connectivity index (χ3n) is 11.2. The van der Waals surface area contributed by atoms with Gasteiger partial charge in [0.25, 0.3) is 0 Å². The van der Waals surface area contributed by atoms with Crippen molar-refractivity contribution >= 4 is 54.3 Å². The van der Waals surface area contributed by atoms with Crippen LogP contribution in [0.1, 0.15) is 1.37 Å². The number of hydrogen-bond donors (Lipinski definition) is 0. The molecule has 1 nitrogen and oxygen atoms in total. The van der Waals surface area contributed by atoms with Crippen LogP contribution in [0.3, 0.4) is 0 Å². The fourth-order valence-corrected chi connectivity index (χ4v) is 8.57. The normalized spacial score (nSPS) is 11.9. The second kappa shape index (κ2) is 12.7. The van der Waals surface area contributed by atoms with Gasteiger partial charge in [0.15, 0.2) is 0 Å². The Morgan fingerprint density at radius 3 is 1.64 bits per heavy atom. The fourth-order valence-electron chi connectivity index (χ4n) is 8.57. The monoisotopic (exact) mass is 699 g/mol. The largest absolute Gasteiger partial charge is 0.455 e. The number of para-hydroxylation sites is 1. The molecule has 1 heteroatoms. The first-order chi connectivity index (χ1) is 27.7. The van der Waals surface area contributed by atoms with Crippen molar-refractivity contribution in [3.05, 3.63) is 206 Å². The molecule has 0 atom stereocenters. The number of hydrogen-bond acceptors (Lipinski definition) is 1. The van der Waals surface area contributed by atoms with Crippen LogP contribution in [-0.4, -0.2) is 0 Å². The first-order valence-corrected chi connectivity index (χ1v) is 18.8. The molecule has 11 rings (SSSR count). The van der Waals surface area contributed by atoms with Crippen LogP contribution in [0, 0.1) is 0 Å². The van der Waals surface area contributed by atoms with Crippen molar-refractivity contribution in [3.8, 4) is 55.6 Å². The van der Waals surface area contributed by atoms with Gasteiger partial charge >= 0.3 is 0 Å². The van der Waals surface area contributed by atoms with E-state index in [1.54, 1.807) is 0 Å². The van der Waals surface area contributed by atoms with E-state index in [1.165, 1.54) is 54.9 Å². The molecule has 0 unspecified atom stereocenters. The lowest BCUT2D eigenvalue weighted by Crippen LogP contribution is -1.91. The second-order valence-electron chi connectivity index (χ2n) is 14.4. The molecular weight excluding hydrogens is 665 g/mol. The van der Waals surface area contributed by atoms with Gasteiger partial charge in [-0.25, -0.2) is 0 Å². The maximum atomic E-state index is 7.99. The van der Waals surface area contributed by atoms with Gasteiger partial charge in [0, 0.05) is 16.3 Å². The summed E-state index contributed by atoms with van der Waals surface area (Å²) in [5.74, 6) is 0. The van der Waals surface area contributed by atoms with Gasteiger partial charge in [0.05, 0.1) is 1.37 Å². The van der Waals surface area contributed by atoms with Gasteiger partial charge in [-0.15, -0.1) is 0 Å². The van der Waals surface area contributed by atoms with Crippen molar-refractivity contribution in [2.45, 2.75) is 0 Å². The summed E-state index contributed by atoms with van der Waals surface area (Å²) in [4.78, 5) is 0. The molecule has 0 bridgehead atoms. The van der Waals surface area contributed by atoms with Gasteiger partial charge in [-0.3, -0.25) is 0 Å². The molecule has 1 heterocycles. The van der Waals surface area contributed by atoms with Crippen LogP contribution in [0.5, 0.6) is 0 Å². The van der Waals surface area contributed by atoms with E-state index in [0.717, 1.165) is 55.0 Å². The predicted octanol–water partition coefficient (Wildman–Crippen LogP) is 15.4. The Balaban J connectivity index is 1.07. The number of benzene rings is 10. The van der Waals surface area contributed by atoms with Crippen LogP contribution in [-0.2, 0) is 0 Å². The van der Waals surface area contributed by atoms with E-state index < -0.39 is 0 Å². The summed E-state index contributed by atoms with van der Waals surface area (Å²) in [5.41, 5.74) is 13.6. The Labute approximate surface area is 320 Å². The standard InChI is InChI=1S/C54H34O/c1-2-14-37(15-3-1)49-33-43(34-50-44-19-10-11-24-51(44)55-54(49)50)40-17-12-18-42(32-40)53-47-22-8-6-20-45(47)52(46-21-7-9-23-48(46)53)38-28-25-36(26-29-38)41-30-27-35-13-4-5-16-39(35)31-41/h1-34H/i4D. The van der Waals surface area contributed by atoms with Crippen molar-refractivity contribution in [3.63, 3.8) is 0 Å². The van der Waals surface area contributed by atoms with E-state index >= 15 is 0 Å². The predicted molar refractivity (Wildman–Crippen MR) is 233 cm³/mol. The topological polar surface area (TPSA) is 13.1 Å². The van der Waals surface area contributed by atoms with Crippen LogP contribution in [0.25, 0.3) is 110 Å². The zero-order valence-corrected chi connectivity index (χ0v) is 30.0. The van der Waals surface area contributed by atoms with Gasteiger partial charge in [0.1, 0.15) is 11.2 Å². The zero-order valence-electron chi connectivity index (χ0n) is 31.0. The summed E-state index contributed by atoms with van der Waals surface area (Å²) < 4.78 is 14.5. The van der Waals surface area contributed by atoms with Crippen LogP contribution in [0.15, 0.2) is 211 Å².